The molecular formula is C20H19N3OS2. The number of rotatable bonds is 4. The number of aromatic nitrogens is 2. The number of hydrogen-bond acceptors (Lipinski definition) is 6. The molecule has 1 fully saturated rings. The second kappa shape index (κ2) is 6.95. The van der Waals surface area contributed by atoms with Crippen LogP contribution in [0.3, 0.4) is 0 Å². The summed E-state index contributed by atoms with van der Waals surface area (Å²) in [5.41, 5.74) is 2.16. The van der Waals surface area contributed by atoms with Crippen LogP contribution < -0.4 is 0 Å². The first kappa shape index (κ1) is 16.2. The molecule has 4 aromatic rings. The number of benzene rings is 1. The Bertz CT molecular complexity index is 964. The minimum Gasteiger partial charge on any atom is -0.355 e. The summed E-state index contributed by atoms with van der Waals surface area (Å²) in [6.07, 6.45) is 2.32. The van der Waals surface area contributed by atoms with E-state index in [0.717, 1.165) is 54.3 Å². The Labute approximate surface area is 160 Å². The van der Waals surface area contributed by atoms with Crippen molar-refractivity contribution in [1.29, 1.82) is 0 Å². The van der Waals surface area contributed by atoms with E-state index in [2.05, 4.69) is 51.8 Å². The molecular weight excluding hydrogens is 362 g/mol. The first-order chi connectivity index (χ1) is 12.8. The van der Waals surface area contributed by atoms with E-state index in [1.54, 1.807) is 11.3 Å². The standard InChI is InChI=1S/C20H19N3OS2/c1-2-5-18-16(4-1)21-20(26-18)14-7-9-23(10-8-14)13-15-12-17(24-22-15)19-6-3-11-25-19/h1-6,11-12,14H,7-10,13H2. The topological polar surface area (TPSA) is 42.2 Å². The van der Waals surface area contributed by atoms with Crippen LogP contribution in [-0.2, 0) is 6.54 Å². The molecule has 0 spiro atoms. The van der Waals surface area contributed by atoms with Gasteiger partial charge in [-0.3, -0.25) is 4.90 Å². The van der Waals surface area contributed by atoms with Gasteiger partial charge in [0.15, 0.2) is 5.76 Å². The van der Waals surface area contributed by atoms with E-state index in [4.69, 9.17) is 9.51 Å². The summed E-state index contributed by atoms with van der Waals surface area (Å²) in [5.74, 6) is 1.46. The molecule has 132 valence electrons. The first-order valence-corrected chi connectivity index (χ1v) is 10.6. The van der Waals surface area contributed by atoms with Crippen molar-refractivity contribution in [3.63, 3.8) is 0 Å². The van der Waals surface area contributed by atoms with Crippen molar-refractivity contribution in [2.45, 2.75) is 25.3 Å². The molecule has 6 heteroatoms. The van der Waals surface area contributed by atoms with E-state index in [-0.39, 0.29) is 0 Å². The van der Waals surface area contributed by atoms with Crippen LogP contribution >= 0.6 is 22.7 Å². The SMILES string of the molecule is c1csc(-c2cc(CN3CCC(c4nc5ccccc5s4)CC3)no2)c1. The zero-order valence-corrected chi connectivity index (χ0v) is 15.9. The lowest BCUT2D eigenvalue weighted by Gasteiger charge is -2.30. The normalized spacial score (nSPS) is 16.5. The van der Waals surface area contributed by atoms with Crippen molar-refractivity contribution < 1.29 is 4.52 Å². The molecule has 0 saturated carbocycles. The first-order valence-electron chi connectivity index (χ1n) is 8.92. The Morgan fingerprint density at radius 2 is 2.00 bits per heavy atom. The summed E-state index contributed by atoms with van der Waals surface area (Å²) in [4.78, 5) is 8.46. The predicted octanol–water partition coefficient (Wildman–Crippen LogP) is 5.39. The van der Waals surface area contributed by atoms with E-state index in [1.165, 1.54) is 9.71 Å². The average Bonchev–Trinajstić information content (AvgIpc) is 3.42. The van der Waals surface area contributed by atoms with Gasteiger partial charge in [-0.15, -0.1) is 22.7 Å². The fourth-order valence-corrected chi connectivity index (χ4v) is 5.36. The number of thiazole rings is 1. The van der Waals surface area contributed by atoms with Gasteiger partial charge in [-0.25, -0.2) is 4.98 Å². The maximum atomic E-state index is 5.50. The van der Waals surface area contributed by atoms with Gasteiger partial charge in [0.25, 0.3) is 0 Å². The third-order valence-corrected chi connectivity index (χ3v) is 7.04. The number of hydrogen-bond donors (Lipinski definition) is 0. The average molecular weight is 382 g/mol. The van der Waals surface area contributed by atoms with Crippen LogP contribution in [0.5, 0.6) is 0 Å². The largest absolute Gasteiger partial charge is 0.355 e. The summed E-state index contributed by atoms with van der Waals surface area (Å²) in [5, 5.41) is 7.61. The van der Waals surface area contributed by atoms with Crippen molar-refractivity contribution in [3.8, 4) is 10.6 Å². The van der Waals surface area contributed by atoms with Gasteiger partial charge in [0.1, 0.15) is 0 Å². The smallest absolute Gasteiger partial charge is 0.177 e. The van der Waals surface area contributed by atoms with Crippen molar-refractivity contribution >= 4 is 32.9 Å². The fourth-order valence-electron chi connectivity index (χ4n) is 3.55. The Morgan fingerprint density at radius 3 is 2.81 bits per heavy atom. The Balaban J connectivity index is 1.22. The minimum atomic E-state index is 0.586. The van der Waals surface area contributed by atoms with E-state index < -0.39 is 0 Å². The second-order valence-electron chi connectivity index (χ2n) is 6.73. The van der Waals surface area contributed by atoms with Crippen LogP contribution in [0, 0.1) is 0 Å². The van der Waals surface area contributed by atoms with E-state index in [9.17, 15) is 0 Å². The highest BCUT2D eigenvalue weighted by atomic mass is 32.1. The number of nitrogens with zero attached hydrogens (tertiary/aromatic N) is 3. The Morgan fingerprint density at radius 1 is 1.12 bits per heavy atom. The summed E-state index contributed by atoms with van der Waals surface area (Å²) < 4.78 is 6.80. The molecule has 1 aliphatic rings. The molecule has 0 aliphatic carbocycles. The maximum Gasteiger partial charge on any atom is 0.177 e. The molecule has 5 rings (SSSR count). The highest BCUT2D eigenvalue weighted by molar-refractivity contribution is 7.18. The van der Waals surface area contributed by atoms with Gasteiger partial charge in [0.2, 0.25) is 0 Å². The number of para-hydroxylation sites is 1. The monoisotopic (exact) mass is 381 g/mol. The molecule has 26 heavy (non-hydrogen) atoms. The molecule has 0 radical (unpaired) electrons. The zero-order valence-electron chi connectivity index (χ0n) is 14.3. The van der Waals surface area contributed by atoms with E-state index in [1.807, 2.05) is 17.4 Å². The van der Waals surface area contributed by atoms with E-state index >= 15 is 0 Å². The molecule has 1 aromatic carbocycles. The van der Waals surface area contributed by atoms with Gasteiger partial charge in [0, 0.05) is 18.5 Å². The molecule has 0 N–H and O–H groups in total. The number of likely N-dealkylation sites (tertiary alicyclic amines) is 1. The minimum absolute atomic E-state index is 0.586. The molecule has 0 atom stereocenters. The van der Waals surface area contributed by atoms with Gasteiger partial charge in [0.05, 0.1) is 25.8 Å². The molecule has 4 heterocycles. The van der Waals surface area contributed by atoms with Gasteiger partial charge in [-0.1, -0.05) is 23.4 Å². The lowest BCUT2D eigenvalue weighted by Crippen LogP contribution is -2.32. The lowest BCUT2D eigenvalue weighted by molar-refractivity contribution is 0.199. The molecule has 1 aliphatic heterocycles. The van der Waals surface area contributed by atoms with Crippen LogP contribution in [-0.4, -0.2) is 28.1 Å². The van der Waals surface area contributed by atoms with Gasteiger partial charge in [-0.2, -0.15) is 0 Å². The molecule has 1 saturated heterocycles. The number of fused-ring (bicyclic) bond motifs is 1. The van der Waals surface area contributed by atoms with Gasteiger partial charge < -0.3 is 4.52 Å². The van der Waals surface area contributed by atoms with Crippen molar-refractivity contribution in [3.05, 3.63) is 58.5 Å². The van der Waals surface area contributed by atoms with Crippen LogP contribution in [0.4, 0.5) is 0 Å². The third-order valence-electron chi connectivity index (χ3n) is 4.96. The maximum absolute atomic E-state index is 5.50. The summed E-state index contributed by atoms with van der Waals surface area (Å²) >= 11 is 3.54. The van der Waals surface area contributed by atoms with Crippen molar-refractivity contribution in [1.82, 2.24) is 15.0 Å². The molecule has 0 unspecified atom stereocenters. The summed E-state index contributed by atoms with van der Waals surface area (Å²) in [7, 11) is 0. The number of piperidine rings is 1. The van der Waals surface area contributed by atoms with Crippen molar-refractivity contribution in [2.24, 2.45) is 0 Å². The van der Waals surface area contributed by atoms with Crippen molar-refractivity contribution in [2.75, 3.05) is 13.1 Å². The summed E-state index contributed by atoms with van der Waals surface area (Å²) in [6.45, 7) is 3.03. The fraction of sp³-hybridized carbons (Fsp3) is 0.300. The molecule has 4 nitrogen and oxygen atoms in total. The van der Waals surface area contributed by atoms with Gasteiger partial charge in [-0.05, 0) is 49.5 Å². The van der Waals surface area contributed by atoms with Crippen LogP contribution in [0.1, 0.15) is 29.5 Å². The Kier molecular flexibility index (Phi) is 4.32. The highest BCUT2D eigenvalue weighted by Crippen LogP contribution is 2.34. The quantitative estimate of drug-likeness (QED) is 0.475. The Hall–Kier alpha value is -2.02. The number of thiophene rings is 1. The second-order valence-corrected chi connectivity index (χ2v) is 8.74. The zero-order chi connectivity index (χ0) is 17.3. The molecule has 3 aromatic heterocycles. The predicted molar refractivity (Wildman–Crippen MR) is 107 cm³/mol. The summed E-state index contributed by atoms with van der Waals surface area (Å²) in [6, 6.07) is 14.6. The molecule has 0 bridgehead atoms. The molecule has 0 amide bonds. The third kappa shape index (κ3) is 3.20. The van der Waals surface area contributed by atoms with Crippen LogP contribution in [0.25, 0.3) is 20.9 Å². The van der Waals surface area contributed by atoms with Crippen LogP contribution in [0.2, 0.25) is 0 Å². The van der Waals surface area contributed by atoms with Crippen LogP contribution in [0.15, 0.2) is 52.4 Å². The van der Waals surface area contributed by atoms with Gasteiger partial charge >= 0.3 is 0 Å². The van der Waals surface area contributed by atoms with E-state index in [0.29, 0.717) is 5.92 Å². The highest BCUT2D eigenvalue weighted by Gasteiger charge is 2.24. The lowest BCUT2D eigenvalue weighted by atomic mass is 9.97.